The SMILES string of the molecule is CCCC1=C2[C@@H](CC/C(=C/c3ccc(O)c(F)c3)CC)OC[C@@H]2[C@@H]2C(=O)N(CCCCCC(=O)O)C(=O)[C@@H]2C1. The second-order valence-electron chi connectivity index (χ2n) is 11.0. The van der Waals surface area contributed by atoms with E-state index in [1.807, 2.05) is 6.08 Å². The van der Waals surface area contributed by atoms with Gasteiger partial charge in [0.05, 0.1) is 24.5 Å². The average molecular weight is 542 g/mol. The lowest BCUT2D eigenvalue weighted by Crippen LogP contribution is -2.34. The third-order valence-corrected chi connectivity index (χ3v) is 8.45. The van der Waals surface area contributed by atoms with Crippen LogP contribution in [-0.2, 0) is 19.1 Å². The van der Waals surface area contributed by atoms with Crippen molar-refractivity contribution < 1.29 is 33.7 Å². The smallest absolute Gasteiger partial charge is 0.303 e. The van der Waals surface area contributed by atoms with E-state index in [-0.39, 0.29) is 47.8 Å². The molecule has 3 aliphatic rings. The summed E-state index contributed by atoms with van der Waals surface area (Å²) in [6.07, 6.45) is 8.56. The number of aromatic hydroxyl groups is 1. The number of benzene rings is 1. The number of aliphatic carboxylic acids is 1. The molecule has 1 aliphatic carbocycles. The van der Waals surface area contributed by atoms with Crippen LogP contribution in [0.2, 0.25) is 0 Å². The number of hydrogen-bond acceptors (Lipinski definition) is 5. The van der Waals surface area contributed by atoms with Gasteiger partial charge in [0.2, 0.25) is 11.8 Å². The maximum Gasteiger partial charge on any atom is 0.303 e. The molecule has 0 unspecified atom stereocenters. The lowest BCUT2D eigenvalue weighted by atomic mass is 9.68. The molecule has 2 amide bonds. The van der Waals surface area contributed by atoms with Crippen LogP contribution < -0.4 is 0 Å². The molecule has 0 spiro atoms. The zero-order valence-electron chi connectivity index (χ0n) is 23.0. The first-order valence-electron chi connectivity index (χ1n) is 14.3. The Kier molecular flexibility index (Phi) is 9.59. The molecule has 39 heavy (non-hydrogen) atoms. The molecule has 0 bridgehead atoms. The van der Waals surface area contributed by atoms with Crippen molar-refractivity contribution in [1.82, 2.24) is 4.90 Å². The lowest BCUT2D eigenvalue weighted by molar-refractivity contribution is -0.141. The zero-order chi connectivity index (χ0) is 28.1. The number of phenols is 1. The number of amides is 2. The van der Waals surface area contributed by atoms with Crippen LogP contribution >= 0.6 is 0 Å². The number of imide groups is 1. The first kappa shape index (κ1) is 29.0. The molecule has 2 aliphatic heterocycles. The topological polar surface area (TPSA) is 104 Å². The van der Waals surface area contributed by atoms with E-state index in [1.165, 1.54) is 28.2 Å². The van der Waals surface area contributed by atoms with Gasteiger partial charge in [-0.3, -0.25) is 19.3 Å². The van der Waals surface area contributed by atoms with Crippen molar-refractivity contribution >= 4 is 23.9 Å². The molecule has 1 aromatic rings. The van der Waals surface area contributed by atoms with Crippen LogP contribution in [0.5, 0.6) is 5.75 Å². The summed E-state index contributed by atoms with van der Waals surface area (Å²) in [5.41, 5.74) is 4.34. The number of carboxylic acid groups (broad SMARTS) is 1. The molecular weight excluding hydrogens is 501 g/mol. The molecule has 2 fully saturated rings. The van der Waals surface area contributed by atoms with Crippen molar-refractivity contribution in [2.45, 2.75) is 84.2 Å². The minimum Gasteiger partial charge on any atom is -0.505 e. The van der Waals surface area contributed by atoms with Crippen molar-refractivity contribution in [3.63, 3.8) is 0 Å². The first-order chi connectivity index (χ1) is 18.7. The highest BCUT2D eigenvalue weighted by atomic mass is 19.1. The van der Waals surface area contributed by atoms with Gasteiger partial charge >= 0.3 is 5.97 Å². The minimum atomic E-state index is -0.831. The molecule has 212 valence electrons. The molecule has 1 aromatic carbocycles. The number of carbonyl (C=O) groups is 3. The molecular formula is C31H40FNO6. The Morgan fingerprint density at radius 2 is 1.92 bits per heavy atom. The third-order valence-electron chi connectivity index (χ3n) is 8.45. The second kappa shape index (κ2) is 12.9. The van der Waals surface area contributed by atoms with E-state index in [2.05, 4.69) is 13.8 Å². The number of fused-ring (bicyclic) bond motifs is 3. The van der Waals surface area contributed by atoms with E-state index in [9.17, 15) is 23.9 Å². The van der Waals surface area contributed by atoms with Crippen LogP contribution in [0.4, 0.5) is 4.39 Å². The molecule has 8 heteroatoms. The number of unbranched alkanes of at least 4 members (excludes halogenated alkanes) is 2. The van der Waals surface area contributed by atoms with Gasteiger partial charge in [-0.2, -0.15) is 0 Å². The van der Waals surface area contributed by atoms with Gasteiger partial charge in [-0.15, -0.1) is 0 Å². The van der Waals surface area contributed by atoms with Crippen molar-refractivity contribution in [2.75, 3.05) is 13.2 Å². The van der Waals surface area contributed by atoms with Crippen LogP contribution in [0.15, 0.2) is 34.9 Å². The lowest BCUT2D eigenvalue weighted by Gasteiger charge is -2.32. The zero-order valence-corrected chi connectivity index (χ0v) is 23.0. The van der Waals surface area contributed by atoms with Gasteiger partial charge < -0.3 is 14.9 Å². The Balaban J connectivity index is 1.45. The van der Waals surface area contributed by atoms with E-state index >= 15 is 0 Å². The number of phenolic OH excluding ortho intramolecular Hbond substituents is 1. The van der Waals surface area contributed by atoms with Gasteiger partial charge in [0.1, 0.15) is 0 Å². The van der Waals surface area contributed by atoms with Crippen molar-refractivity contribution in [1.29, 1.82) is 0 Å². The summed E-state index contributed by atoms with van der Waals surface area (Å²) in [5.74, 6) is -2.81. The molecule has 7 nitrogen and oxygen atoms in total. The first-order valence-corrected chi connectivity index (χ1v) is 14.3. The van der Waals surface area contributed by atoms with E-state index in [1.54, 1.807) is 6.07 Å². The highest BCUT2D eigenvalue weighted by molar-refractivity contribution is 6.06. The summed E-state index contributed by atoms with van der Waals surface area (Å²) in [6, 6.07) is 4.38. The summed E-state index contributed by atoms with van der Waals surface area (Å²) >= 11 is 0. The minimum absolute atomic E-state index is 0.0796. The fourth-order valence-corrected chi connectivity index (χ4v) is 6.54. The predicted molar refractivity (Wildman–Crippen MR) is 145 cm³/mol. The monoisotopic (exact) mass is 541 g/mol. The molecule has 0 aromatic heterocycles. The molecule has 2 N–H and O–H groups in total. The molecule has 0 radical (unpaired) electrons. The van der Waals surface area contributed by atoms with Gasteiger partial charge in [0.25, 0.3) is 0 Å². The van der Waals surface area contributed by atoms with Crippen LogP contribution in [0.25, 0.3) is 6.08 Å². The van der Waals surface area contributed by atoms with Gasteiger partial charge in [0, 0.05) is 18.9 Å². The Labute approximate surface area is 229 Å². The second-order valence-corrected chi connectivity index (χ2v) is 11.0. The number of halogens is 1. The molecule has 2 heterocycles. The number of nitrogens with zero attached hydrogens (tertiary/aromatic N) is 1. The number of carbonyl (C=O) groups excluding carboxylic acids is 2. The van der Waals surface area contributed by atoms with E-state index < -0.39 is 11.8 Å². The molecule has 4 rings (SSSR count). The highest BCUT2D eigenvalue weighted by Crippen LogP contribution is 2.50. The van der Waals surface area contributed by atoms with Gasteiger partial charge in [-0.25, -0.2) is 4.39 Å². The standard InChI is InChI=1S/C31H40FNO6/c1-3-8-21-17-22-29(31(38)33(30(22)37)14-7-5-6-9-27(35)36)23-18-39-26(28(21)23)13-11-19(4-2)15-20-10-12-25(34)24(32)16-20/h10,12,15-16,22-23,26,29,34H,3-9,11,13-14,17-18H2,1-2H3,(H,35,36)/b19-15+/t22-,23+,26-,29-/m1/s1. The summed E-state index contributed by atoms with van der Waals surface area (Å²) < 4.78 is 20.1. The highest BCUT2D eigenvalue weighted by Gasteiger charge is 2.56. The Morgan fingerprint density at radius 1 is 1.13 bits per heavy atom. The Hall–Kier alpha value is -3.00. The fraction of sp³-hybridized carbons (Fsp3) is 0.581. The maximum absolute atomic E-state index is 13.8. The van der Waals surface area contributed by atoms with Crippen molar-refractivity contribution in [2.24, 2.45) is 17.8 Å². The van der Waals surface area contributed by atoms with Gasteiger partial charge in [-0.05, 0) is 68.2 Å². The average Bonchev–Trinajstić information content (AvgIpc) is 3.43. The largest absolute Gasteiger partial charge is 0.505 e. The van der Waals surface area contributed by atoms with E-state index in [0.717, 1.165) is 37.7 Å². The Bertz CT molecular complexity index is 1160. The summed E-state index contributed by atoms with van der Waals surface area (Å²) in [4.78, 5) is 39.0. The number of rotatable bonds is 13. The number of carboxylic acids is 1. The van der Waals surface area contributed by atoms with E-state index in [0.29, 0.717) is 44.4 Å². The summed E-state index contributed by atoms with van der Waals surface area (Å²) in [6.45, 7) is 4.97. The number of allylic oxidation sites excluding steroid dienone is 2. The van der Waals surface area contributed by atoms with Crippen LogP contribution in [0.1, 0.15) is 83.6 Å². The molecule has 4 atom stereocenters. The van der Waals surface area contributed by atoms with Gasteiger partial charge in [-0.1, -0.05) is 50.0 Å². The Morgan fingerprint density at radius 3 is 2.62 bits per heavy atom. The normalized spacial score (nSPS) is 24.9. The maximum atomic E-state index is 13.8. The van der Waals surface area contributed by atoms with E-state index in [4.69, 9.17) is 9.84 Å². The van der Waals surface area contributed by atoms with Crippen LogP contribution in [0, 0.1) is 23.6 Å². The molecule has 0 saturated carbocycles. The predicted octanol–water partition coefficient (Wildman–Crippen LogP) is 5.87. The summed E-state index contributed by atoms with van der Waals surface area (Å²) in [5, 5.41) is 18.3. The van der Waals surface area contributed by atoms with Gasteiger partial charge in [0.15, 0.2) is 11.6 Å². The van der Waals surface area contributed by atoms with Crippen LogP contribution in [-0.4, -0.2) is 52.2 Å². The number of ether oxygens (including phenoxy) is 1. The quantitative estimate of drug-likeness (QED) is 0.184. The third kappa shape index (κ3) is 6.43. The van der Waals surface area contributed by atoms with Crippen LogP contribution in [0.3, 0.4) is 0 Å². The van der Waals surface area contributed by atoms with Crippen molar-refractivity contribution in [3.8, 4) is 5.75 Å². The number of hydrogen-bond donors (Lipinski definition) is 2. The molecule has 2 saturated heterocycles. The fourth-order valence-electron chi connectivity index (χ4n) is 6.54. The van der Waals surface area contributed by atoms with Crippen molar-refractivity contribution in [3.05, 3.63) is 46.3 Å². The summed E-state index contributed by atoms with van der Waals surface area (Å²) in [7, 11) is 0. The number of likely N-dealkylation sites (tertiary alicyclic amines) is 1.